The van der Waals surface area contributed by atoms with Gasteiger partial charge in [0.2, 0.25) is 0 Å². The number of rotatable bonds is 4. The average molecular weight is 222 g/mol. The maximum absolute atomic E-state index is 9.32. The molecule has 2 heteroatoms. The van der Waals surface area contributed by atoms with Crippen LogP contribution in [0.5, 0.6) is 0 Å². The maximum Gasteiger partial charge on any atom is 0.0509 e. The molecule has 0 radical (unpaired) electrons. The van der Waals surface area contributed by atoms with Gasteiger partial charge in [-0.3, -0.25) is 0 Å². The molecule has 0 atom stereocenters. The SMILES string of the molecule is Cc1cc(C)c(CC(C)(CO)CO)c(C)c1. The van der Waals surface area contributed by atoms with Gasteiger partial charge in [-0.25, -0.2) is 0 Å². The van der Waals surface area contributed by atoms with E-state index in [1.54, 1.807) is 0 Å². The molecule has 0 saturated heterocycles. The first-order chi connectivity index (χ1) is 7.41. The summed E-state index contributed by atoms with van der Waals surface area (Å²) in [4.78, 5) is 0. The standard InChI is InChI=1S/C14H22O2/c1-10-5-11(2)13(12(3)6-10)7-14(4,8-15)9-16/h5-6,15-16H,7-9H2,1-4H3. The summed E-state index contributed by atoms with van der Waals surface area (Å²) in [6.45, 7) is 8.19. The molecule has 0 aromatic heterocycles. The highest BCUT2D eigenvalue weighted by Gasteiger charge is 2.24. The minimum absolute atomic E-state index is 0.0102. The summed E-state index contributed by atoms with van der Waals surface area (Å²) in [5.41, 5.74) is 4.56. The molecule has 0 aliphatic rings. The van der Waals surface area contributed by atoms with Crippen molar-refractivity contribution < 1.29 is 10.2 Å². The van der Waals surface area contributed by atoms with Crippen LogP contribution >= 0.6 is 0 Å². The minimum atomic E-state index is -0.426. The number of aliphatic hydroxyl groups excluding tert-OH is 2. The summed E-state index contributed by atoms with van der Waals surface area (Å²) in [5, 5.41) is 18.6. The first-order valence-electron chi connectivity index (χ1n) is 5.70. The van der Waals surface area contributed by atoms with Crippen molar-refractivity contribution in [2.45, 2.75) is 34.1 Å². The Morgan fingerprint density at radius 1 is 1.00 bits per heavy atom. The van der Waals surface area contributed by atoms with Crippen molar-refractivity contribution >= 4 is 0 Å². The Labute approximate surface area is 97.9 Å². The molecule has 0 spiro atoms. The van der Waals surface area contributed by atoms with Crippen molar-refractivity contribution in [3.8, 4) is 0 Å². The van der Waals surface area contributed by atoms with Crippen molar-refractivity contribution in [3.05, 3.63) is 34.4 Å². The fraction of sp³-hybridized carbons (Fsp3) is 0.571. The molecule has 16 heavy (non-hydrogen) atoms. The van der Waals surface area contributed by atoms with Crippen molar-refractivity contribution in [1.82, 2.24) is 0 Å². The lowest BCUT2D eigenvalue weighted by molar-refractivity contribution is 0.0701. The molecule has 1 aromatic rings. The maximum atomic E-state index is 9.32. The second-order valence-electron chi connectivity index (χ2n) is 5.18. The molecule has 1 rings (SSSR count). The number of hydrogen-bond donors (Lipinski definition) is 2. The van der Waals surface area contributed by atoms with Gasteiger partial charge in [-0.1, -0.05) is 24.6 Å². The highest BCUT2D eigenvalue weighted by molar-refractivity contribution is 5.38. The summed E-state index contributed by atoms with van der Waals surface area (Å²) >= 11 is 0. The Kier molecular flexibility index (Phi) is 4.11. The average Bonchev–Trinajstić information content (AvgIpc) is 2.23. The van der Waals surface area contributed by atoms with E-state index < -0.39 is 5.41 Å². The van der Waals surface area contributed by atoms with E-state index in [-0.39, 0.29) is 13.2 Å². The molecule has 0 amide bonds. The zero-order valence-electron chi connectivity index (χ0n) is 10.7. The van der Waals surface area contributed by atoms with Gasteiger partial charge >= 0.3 is 0 Å². The van der Waals surface area contributed by atoms with Crippen LogP contribution in [0.3, 0.4) is 0 Å². The van der Waals surface area contributed by atoms with E-state index in [1.807, 2.05) is 6.92 Å². The van der Waals surface area contributed by atoms with Crippen LogP contribution in [0.2, 0.25) is 0 Å². The van der Waals surface area contributed by atoms with E-state index in [1.165, 1.54) is 22.3 Å². The highest BCUT2D eigenvalue weighted by Crippen LogP contribution is 2.26. The Balaban J connectivity index is 3.06. The molecular weight excluding hydrogens is 200 g/mol. The zero-order chi connectivity index (χ0) is 12.3. The molecule has 0 aliphatic heterocycles. The van der Waals surface area contributed by atoms with E-state index in [2.05, 4.69) is 32.9 Å². The van der Waals surface area contributed by atoms with Crippen molar-refractivity contribution in [2.75, 3.05) is 13.2 Å². The van der Waals surface area contributed by atoms with E-state index in [0.717, 1.165) is 6.42 Å². The topological polar surface area (TPSA) is 40.5 Å². The van der Waals surface area contributed by atoms with Gasteiger partial charge in [0.05, 0.1) is 13.2 Å². The largest absolute Gasteiger partial charge is 0.396 e. The van der Waals surface area contributed by atoms with Gasteiger partial charge in [0.25, 0.3) is 0 Å². The molecule has 0 unspecified atom stereocenters. The lowest BCUT2D eigenvalue weighted by atomic mass is 9.82. The van der Waals surface area contributed by atoms with Gasteiger partial charge in [0, 0.05) is 5.41 Å². The molecule has 0 aliphatic carbocycles. The molecular formula is C14H22O2. The molecule has 0 fully saturated rings. The summed E-state index contributed by atoms with van der Waals surface area (Å²) in [6.07, 6.45) is 0.720. The summed E-state index contributed by atoms with van der Waals surface area (Å²) < 4.78 is 0. The fourth-order valence-electron chi connectivity index (χ4n) is 2.08. The second kappa shape index (κ2) is 4.98. The Bertz CT molecular complexity index is 342. The van der Waals surface area contributed by atoms with Crippen LogP contribution < -0.4 is 0 Å². The first kappa shape index (κ1) is 13.2. The summed E-state index contributed by atoms with van der Waals surface area (Å²) in [5.74, 6) is 0. The van der Waals surface area contributed by atoms with E-state index in [0.29, 0.717) is 0 Å². The third kappa shape index (κ3) is 2.83. The van der Waals surface area contributed by atoms with Crippen molar-refractivity contribution in [1.29, 1.82) is 0 Å². The normalized spacial score (nSPS) is 11.9. The molecule has 90 valence electrons. The number of hydrogen-bond acceptors (Lipinski definition) is 2. The first-order valence-corrected chi connectivity index (χ1v) is 5.70. The summed E-state index contributed by atoms with van der Waals surface area (Å²) in [6, 6.07) is 4.30. The van der Waals surface area contributed by atoms with Crippen molar-refractivity contribution in [2.24, 2.45) is 5.41 Å². The van der Waals surface area contributed by atoms with Crippen LogP contribution in [0.4, 0.5) is 0 Å². The third-order valence-corrected chi connectivity index (χ3v) is 3.21. The van der Waals surface area contributed by atoms with Crippen LogP contribution in [-0.2, 0) is 6.42 Å². The zero-order valence-corrected chi connectivity index (χ0v) is 10.7. The smallest absolute Gasteiger partial charge is 0.0509 e. The van der Waals surface area contributed by atoms with Gasteiger partial charge < -0.3 is 10.2 Å². The van der Waals surface area contributed by atoms with Crippen LogP contribution in [0, 0.1) is 26.2 Å². The van der Waals surface area contributed by atoms with E-state index in [9.17, 15) is 10.2 Å². The molecule has 1 aromatic carbocycles. The predicted octanol–water partition coefficient (Wildman–Crippen LogP) is 2.15. The number of aliphatic hydroxyl groups is 2. The van der Waals surface area contributed by atoms with Gasteiger partial charge in [-0.05, 0) is 43.9 Å². The van der Waals surface area contributed by atoms with Gasteiger partial charge in [-0.2, -0.15) is 0 Å². The van der Waals surface area contributed by atoms with E-state index >= 15 is 0 Å². The summed E-state index contributed by atoms with van der Waals surface area (Å²) in [7, 11) is 0. The van der Waals surface area contributed by atoms with Gasteiger partial charge in [0.1, 0.15) is 0 Å². The molecule has 0 saturated carbocycles. The highest BCUT2D eigenvalue weighted by atomic mass is 16.3. The third-order valence-electron chi connectivity index (χ3n) is 3.21. The fourth-order valence-corrected chi connectivity index (χ4v) is 2.08. The monoisotopic (exact) mass is 222 g/mol. The quantitative estimate of drug-likeness (QED) is 0.819. The number of benzene rings is 1. The van der Waals surface area contributed by atoms with Gasteiger partial charge in [-0.15, -0.1) is 0 Å². The van der Waals surface area contributed by atoms with Crippen molar-refractivity contribution in [3.63, 3.8) is 0 Å². The molecule has 0 bridgehead atoms. The second-order valence-corrected chi connectivity index (χ2v) is 5.18. The van der Waals surface area contributed by atoms with Crippen LogP contribution in [-0.4, -0.2) is 23.4 Å². The predicted molar refractivity (Wildman–Crippen MR) is 66.6 cm³/mol. The Morgan fingerprint density at radius 2 is 1.44 bits per heavy atom. The minimum Gasteiger partial charge on any atom is -0.396 e. The van der Waals surface area contributed by atoms with Gasteiger partial charge in [0.15, 0.2) is 0 Å². The van der Waals surface area contributed by atoms with E-state index in [4.69, 9.17) is 0 Å². The van der Waals surface area contributed by atoms with Crippen LogP contribution in [0.25, 0.3) is 0 Å². The molecule has 2 nitrogen and oxygen atoms in total. The molecule has 2 N–H and O–H groups in total. The molecule has 0 heterocycles. The van der Waals surface area contributed by atoms with Crippen LogP contribution in [0.1, 0.15) is 29.2 Å². The van der Waals surface area contributed by atoms with Crippen LogP contribution in [0.15, 0.2) is 12.1 Å². The lowest BCUT2D eigenvalue weighted by Crippen LogP contribution is -2.29. The Hall–Kier alpha value is -0.860. The Morgan fingerprint density at radius 3 is 1.81 bits per heavy atom. The number of aryl methyl sites for hydroxylation is 3. The lowest BCUT2D eigenvalue weighted by Gasteiger charge is -2.26.